The fourth-order valence-electron chi connectivity index (χ4n) is 5.09. The summed E-state index contributed by atoms with van der Waals surface area (Å²) in [7, 11) is -4.02. The summed E-state index contributed by atoms with van der Waals surface area (Å²) in [5.74, 6) is -1.48. The lowest BCUT2D eigenvalue weighted by Gasteiger charge is -2.35. The average molecular weight is 552 g/mol. The van der Waals surface area contributed by atoms with Gasteiger partial charge in [0, 0.05) is 6.54 Å². The lowest BCUT2D eigenvalue weighted by Crippen LogP contribution is -2.44. The van der Waals surface area contributed by atoms with Crippen molar-refractivity contribution in [2.45, 2.75) is 78.2 Å². The number of carbonyl (C=O) groups is 1. The highest BCUT2D eigenvalue weighted by Crippen LogP contribution is 2.34. The first-order valence-electron chi connectivity index (χ1n) is 13.4. The number of sulfonamides is 1. The Kier molecular flexibility index (Phi) is 10.1. The van der Waals surface area contributed by atoms with E-state index in [-0.39, 0.29) is 17.4 Å². The molecule has 0 saturated carbocycles. The fraction of sp³-hybridized carbons (Fsp3) is 0.406. The zero-order chi connectivity index (χ0) is 28.9. The molecule has 4 atom stereocenters. The van der Waals surface area contributed by atoms with Crippen LogP contribution >= 0.6 is 0 Å². The molecule has 0 unspecified atom stereocenters. The Labute approximate surface area is 233 Å². The number of aliphatic hydroxyl groups excluding tert-OH is 1. The minimum absolute atomic E-state index is 0.0994. The number of carbonyl (C=O) groups excluding carboxylic acids is 1. The highest BCUT2D eigenvalue weighted by atomic mass is 32.2. The van der Waals surface area contributed by atoms with Gasteiger partial charge in [-0.15, -0.1) is 0 Å². The summed E-state index contributed by atoms with van der Waals surface area (Å²) >= 11 is 0. The number of ether oxygens (including phenoxy) is 1. The van der Waals surface area contributed by atoms with Crippen molar-refractivity contribution in [2.24, 2.45) is 11.8 Å². The molecule has 0 aromatic heterocycles. The van der Waals surface area contributed by atoms with Gasteiger partial charge in [-0.3, -0.25) is 4.79 Å². The minimum Gasteiger partial charge on any atom is -0.455 e. The number of esters is 1. The Bertz CT molecular complexity index is 1330. The maximum Gasteiger partial charge on any atom is 0.311 e. The molecule has 3 aromatic rings. The second kappa shape index (κ2) is 12.9. The maximum atomic E-state index is 14.4. The molecule has 0 radical (unpaired) electrons. The molecule has 0 heterocycles. The second-order valence-corrected chi connectivity index (χ2v) is 12.6. The van der Waals surface area contributed by atoms with Crippen molar-refractivity contribution in [3.05, 3.63) is 101 Å². The van der Waals surface area contributed by atoms with Crippen LogP contribution in [0.25, 0.3) is 0 Å². The average Bonchev–Trinajstić information content (AvgIpc) is 2.89. The number of benzene rings is 3. The summed E-state index contributed by atoms with van der Waals surface area (Å²) < 4.78 is 36.3. The smallest absolute Gasteiger partial charge is 0.311 e. The van der Waals surface area contributed by atoms with Crippen LogP contribution < -0.4 is 0 Å². The van der Waals surface area contributed by atoms with Crippen molar-refractivity contribution < 1.29 is 23.1 Å². The monoisotopic (exact) mass is 551 g/mol. The molecule has 0 saturated heterocycles. The van der Waals surface area contributed by atoms with E-state index in [1.807, 2.05) is 107 Å². The summed E-state index contributed by atoms with van der Waals surface area (Å²) in [4.78, 5) is 13.5. The van der Waals surface area contributed by atoms with Crippen LogP contribution in [0.5, 0.6) is 0 Å². The van der Waals surface area contributed by atoms with Gasteiger partial charge in [0.1, 0.15) is 6.10 Å². The maximum absolute atomic E-state index is 14.4. The van der Waals surface area contributed by atoms with E-state index in [1.54, 1.807) is 13.8 Å². The molecule has 0 bridgehead atoms. The molecule has 6 nitrogen and oxygen atoms in total. The number of nitrogens with zero attached hydrogens (tertiary/aromatic N) is 1. The fourth-order valence-corrected chi connectivity index (χ4v) is 7.12. The molecule has 210 valence electrons. The first-order valence-corrected chi connectivity index (χ1v) is 14.9. The Hall–Kier alpha value is -3.00. The third kappa shape index (κ3) is 7.15. The molecule has 0 aliphatic rings. The molecule has 7 heteroatoms. The Morgan fingerprint density at radius 2 is 1.38 bits per heavy atom. The summed E-state index contributed by atoms with van der Waals surface area (Å²) in [5.41, 5.74) is 3.81. The van der Waals surface area contributed by atoms with Crippen molar-refractivity contribution in [2.75, 3.05) is 0 Å². The van der Waals surface area contributed by atoms with Gasteiger partial charge in [-0.25, -0.2) is 8.42 Å². The molecule has 0 fully saturated rings. The van der Waals surface area contributed by atoms with Crippen LogP contribution in [0.1, 0.15) is 61.6 Å². The van der Waals surface area contributed by atoms with Crippen molar-refractivity contribution in [3.8, 4) is 0 Å². The van der Waals surface area contributed by atoms with Crippen molar-refractivity contribution in [3.63, 3.8) is 0 Å². The third-order valence-electron chi connectivity index (χ3n) is 7.18. The predicted octanol–water partition coefficient (Wildman–Crippen LogP) is 6.13. The molecule has 3 rings (SSSR count). The summed E-state index contributed by atoms with van der Waals surface area (Å²) in [6, 6.07) is 21.6. The second-order valence-electron chi connectivity index (χ2n) is 10.8. The quantitative estimate of drug-likeness (QED) is 0.290. The Morgan fingerprint density at radius 1 is 0.872 bits per heavy atom. The highest BCUT2D eigenvalue weighted by molar-refractivity contribution is 7.89. The van der Waals surface area contributed by atoms with Crippen molar-refractivity contribution in [1.29, 1.82) is 0 Å². The van der Waals surface area contributed by atoms with Gasteiger partial charge < -0.3 is 9.84 Å². The van der Waals surface area contributed by atoms with Crippen LogP contribution in [0.2, 0.25) is 0 Å². The van der Waals surface area contributed by atoms with Gasteiger partial charge >= 0.3 is 5.97 Å². The Morgan fingerprint density at radius 3 is 1.90 bits per heavy atom. The van der Waals surface area contributed by atoms with E-state index in [1.165, 1.54) is 4.31 Å². The van der Waals surface area contributed by atoms with Gasteiger partial charge in [-0.1, -0.05) is 92.2 Å². The third-order valence-corrected chi connectivity index (χ3v) is 9.42. The van der Waals surface area contributed by atoms with Gasteiger partial charge in [-0.05, 0) is 62.8 Å². The standard InChI is InChI=1S/C32H41NO5S/c1-21(2)29(34)25(6)32(35)38-30(28-16-12-9-13-17-28)26(7)33(20-27-14-10-8-11-15-27)39(36,37)31-23(4)18-22(3)19-24(31)5/h8-19,21,25-26,29-30,34H,20H2,1-7H3/t25-,26+,29+,30+/m1/s1. The molecule has 1 N–H and O–H groups in total. The zero-order valence-electron chi connectivity index (χ0n) is 24.0. The van der Waals surface area contributed by atoms with Crippen molar-refractivity contribution in [1.82, 2.24) is 4.31 Å². The van der Waals surface area contributed by atoms with Gasteiger partial charge in [0.25, 0.3) is 0 Å². The molecular formula is C32H41NO5S. The van der Waals surface area contributed by atoms with Gasteiger partial charge in [-0.2, -0.15) is 4.31 Å². The molecule has 0 amide bonds. The van der Waals surface area contributed by atoms with Gasteiger partial charge in [0.05, 0.1) is 23.0 Å². The van der Waals surface area contributed by atoms with Crippen LogP contribution in [0.4, 0.5) is 0 Å². The van der Waals surface area contributed by atoms with Crippen LogP contribution in [0, 0.1) is 32.6 Å². The van der Waals surface area contributed by atoms with E-state index in [0.717, 1.165) is 11.1 Å². The summed E-state index contributed by atoms with van der Waals surface area (Å²) in [5, 5.41) is 10.5. The van der Waals surface area contributed by atoms with Gasteiger partial charge in [0.2, 0.25) is 10.0 Å². The minimum atomic E-state index is -4.02. The topological polar surface area (TPSA) is 83.9 Å². The number of rotatable bonds is 11. The van der Waals surface area contributed by atoms with Crippen LogP contribution in [0.3, 0.4) is 0 Å². The van der Waals surface area contributed by atoms with Crippen LogP contribution in [-0.2, 0) is 26.1 Å². The van der Waals surface area contributed by atoms with Gasteiger partial charge in [0.15, 0.2) is 0 Å². The number of aryl methyl sites for hydroxylation is 3. The normalized spacial score (nSPS) is 15.1. The Balaban J connectivity index is 2.13. The number of aliphatic hydroxyl groups is 1. The molecule has 39 heavy (non-hydrogen) atoms. The highest BCUT2D eigenvalue weighted by Gasteiger charge is 2.39. The molecule has 0 aliphatic heterocycles. The van der Waals surface area contributed by atoms with E-state index in [4.69, 9.17) is 4.74 Å². The number of hydrogen-bond acceptors (Lipinski definition) is 5. The number of hydrogen-bond donors (Lipinski definition) is 1. The molecule has 3 aromatic carbocycles. The summed E-state index contributed by atoms with van der Waals surface area (Å²) in [6.07, 6.45) is -1.78. The van der Waals surface area contributed by atoms with Crippen LogP contribution in [0.15, 0.2) is 77.7 Å². The van der Waals surface area contributed by atoms with E-state index < -0.39 is 40.2 Å². The SMILES string of the molecule is Cc1cc(C)c(S(=O)(=O)N(Cc2ccccc2)[C@@H](C)[C@H](OC(=O)[C@H](C)[C@@H](O)C(C)C)c2ccccc2)c(C)c1. The molecule has 0 spiro atoms. The van der Waals surface area contributed by atoms with E-state index >= 15 is 0 Å². The van der Waals surface area contributed by atoms with Crippen LogP contribution in [-0.4, -0.2) is 35.9 Å². The first-order chi connectivity index (χ1) is 18.3. The van der Waals surface area contributed by atoms with E-state index in [0.29, 0.717) is 16.7 Å². The first kappa shape index (κ1) is 30.5. The largest absolute Gasteiger partial charge is 0.455 e. The summed E-state index contributed by atoms with van der Waals surface area (Å²) in [6.45, 7) is 12.7. The van der Waals surface area contributed by atoms with E-state index in [2.05, 4.69) is 0 Å². The van der Waals surface area contributed by atoms with E-state index in [9.17, 15) is 18.3 Å². The van der Waals surface area contributed by atoms with Crippen molar-refractivity contribution >= 4 is 16.0 Å². The zero-order valence-corrected chi connectivity index (χ0v) is 24.8. The molecule has 0 aliphatic carbocycles. The molecular weight excluding hydrogens is 510 g/mol. The lowest BCUT2D eigenvalue weighted by molar-refractivity contribution is -0.161. The lowest BCUT2D eigenvalue weighted by atomic mass is 9.94. The predicted molar refractivity (Wildman–Crippen MR) is 155 cm³/mol.